The summed E-state index contributed by atoms with van der Waals surface area (Å²) >= 11 is 7.21. The van der Waals surface area contributed by atoms with Crippen molar-refractivity contribution in [1.29, 1.82) is 5.26 Å². The molecular formula is C16H11ClN2O2S. The number of carbonyl (C=O) groups is 2. The van der Waals surface area contributed by atoms with Crippen molar-refractivity contribution in [2.45, 2.75) is 0 Å². The van der Waals surface area contributed by atoms with Gasteiger partial charge in [-0.2, -0.15) is 5.26 Å². The summed E-state index contributed by atoms with van der Waals surface area (Å²) < 4.78 is 0. The van der Waals surface area contributed by atoms with Gasteiger partial charge < -0.3 is 5.32 Å². The zero-order chi connectivity index (χ0) is 15.9. The number of ketones is 1. The zero-order valence-corrected chi connectivity index (χ0v) is 12.9. The van der Waals surface area contributed by atoms with Gasteiger partial charge in [-0.1, -0.05) is 17.7 Å². The van der Waals surface area contributed by atoms with Crippen LogP contribution in [0.15, 0.2) is 47.9 Å². The Kier molecular flexibility index (Phi) is 5.48. The van der Waals surface area contributed by atoms with Crippen LogP contribution < -0.4 is 5.32 Å². The van der Waals surface area contributed by atoms with E-state index in [4.69, 9.17) is 16.9 Å². The molecule has 0 bridgehead atoms. The number of rotatable bonds is 5. The van der Waals surface area contributed by atoms with Crippen LogP contribution in [0.1, 0.15) is 4.88 Å². The molecule has 0 saturated carbocycles. The Morgan fingerprint density at radius 2 is 2.00 bits per heavy atom. The number of amides is 1. The molecular weight excluding hydrogens is 320 g/mol. The number of allylic oxidation sites excluding steroid dienone is 1. The summed E-state index contributed by atoms with van der Waals surface area (Å²) in [4.78, 5) is 24.9. The fraction of sp³-hybridized carbons (Fsp3) is 0.0625. The Morgan fingerprint density at radius 3 is 2.59 bits per heavy atom. The van der Waals surface area contributed by atoms with Gasteiger partial charge in [-0.3, -0.25) is 9.59 Å². The van der Waals surface area contributed by atoms with Crippen molar-refractivity contribution in [3.63, 3.8) is 0 Å². The van der Waals surface area contributed by atoms with E-state index < -0.39 is 17.6 Å². The first kappa shape index (κ1) is 16.0. The summed E-state index contributed by atoms with van der Waals surface area (Å²) in [6.07, 6.45) is 2.84. The lowest BCUT2D eigenvalue weighted by Gasteiger charge is -2.07. The highest BCUT2D eigenvalue weighted by Crippen LogP contribution is 2.15. The van der Waals surface area contributed by atoms with Gasteiger partial charge in [-0.15, -0.1) is 11.3 Å². The van der Waals surface area contributed by atoms with Gasteiger partial charge in [0.1, 0.15) is 0 Å². The van der Waals surface area contributed by atoms with Crippen LogP contribution >= 0.6 is 22.9 Å². The van der Waals surface area contributed by atoms with Crippen molar-refractivity contribution >= 4 is 46.4 Å². The third kappa shape index (κ3) is 4.29. The molecule has 0 saturated heterocycles. The molecule has 1 atom stereocenters. The van der Waals surface area contributed by atoms with E-state index in [1.165, 1.54) is 17.4 Å². The quantitative estimate of drug-likeness (QED) is 0.670. The number of hydrogen-bond donors (Lipinski definition) is 1. The molecule has 1 aromatic carbocycles. The molecule has 0 fully saturated rings. The van der Waals surface area contributed by atoms with E-state index in [0.29, 0.717) is 10.7 Å². The summed E-state index contributed by atoms with van der Waals surface area (Å²) in [5, 5.41) is 14.0. The van der Waals surface area contributed by atoms with Crippen LogP contribution in [0.4, 0.5) is 5.69 Å². The molecule has 2 rings (SSSR count). The third-order valence-electron chi connectivity index (χ3n) is 2.74. The van der Waals surface area contributed by atoms with Crippen LogP contribution in [-0.4, -0.2) is 11.7 Å². The fourth-order valence-electron chi connectivity index (χ4n) is 1.65. The highest BCUT2D eigenvalue weighted by molar-refractivity contribution is 7.10. The van der Waals surface area contributed by atoms with E-state index in [2.05, 4.69) is 5.32 Å². The molecule has 1 N–H and O–H groups in total. The normalized spacial score (nSPS) is 11.8. The lowest BCUT2D eigenvalue weighted by molar-refractivity contribution is -0.126. The predicted molar refractivity (Wildman–Crippen MR) is 87.5 cm³/mol. The summed E-state index contributed by atoms with van der Waals surface area (Å²) in [6.45, 7) is 0. The number of hydrogen-bond acceptors (Lipinski definition) is 4. The molecule has 1 amide bonds. The lowest BCUT2D eigenvalue weighted by atomic mass is 10.0. The summed E-state index contributed by atoms with van der Waals surface area (Å²) in [7, 11) is 0. The first-order valence-electron chi connectivity index (χ1n) is 6.31. The van der Waals surface area contributed by atoms with Gasteiger partial charge in [0.2, 0.25) is 5.91 Å². The summed E-state index contributed by atoms with van der Waals surface area (Å²) in [5.74, 6) is -2.60. The molecule has 0 aliphatic rings. The van der Waals surface area contributed by atoms with Gasteiger partial charge in [0, 0.05) is 15.6 Å². The second-order valence-electron chi connectivity index (χ2n) is 4.31. The van der Waals surface area contributed by atoms with E-state index in [9.17, 15) is 9.59 Å². The minimum atomic E-state index is -1.38. The average molecular weight is 331 g/mol. The number of halogens is 1. The maximum Gasteiger partial charge on any atom is 0.249 e. The van der Waals surface area contributed by atoms with Gasteiger partial charge in [-0.25, -0.2) is 0 Å². The molecule has 1 unspecified atom stereocenters. The number of benzene rings is 1. The Bertz CT molecular complexity index is 731. The van der Waals surface area contributed by atoms with Gasteiger partial charge in [0.15, 0.2) is 11.7 Å². The maximum atomic E-state index is 12.0. The van der Waals surface area contributed by atoms with Crippen LogP contribution in [0.3, 0.4) is 0 Å². The van der Waals surface area contributed by atoms with Gasteiger partial charge in [0.25, 0.3) is 0 Å². The Labute approximate surface area is 136 Å². The molecule has 6 heteroatoms. The van der Waals surface area contributed by atoms with E-state index in [1.807, 2.05) is 17.5 Å². The Hall–Kier alpha value is -2.42. The first-order chi connectivity index (χ1) is 10.6. The smallest absolute Gasteiger partial charge is 0.249 e. The molecule has 1 aromatic heterocycles. The van der Waals surface area contributed by atoms with Gasteiger partial charge >= 0.3 is 0 Å². The highest BCUT2D eigenvalue weighted by atomic mass is 35.5. The van der Waals surface area contributed by atoms with E-state index >= 15 is 0 Å². The van der Waals surface area contributed by atoms with Gasteiger partial charge in [-0.05, 0) is 47.9 Å². The second kappa shape index (κ2) is 7.55. The fourth-order valence-corrected chi connectivity index (χ4v) is 2.39. The van der Waals surface area contributed by atoms with Crippen molar-refractivity contribution in [1.82, 2.24) is 0 Å². The number of thiophene rings is 1. The Morgan fingerprint density at radius 1 is 1.27 bits per heavy atom. The second-order valence-corrected chi connectivity index (χ2v) is 5.73. The molecule has 22 heavy (non-hydrogen) atoms. The standard InChI is InChI=1S/C16H11ClN2O2S/c17-11-3-5-12(6-4-11)19-16(21)14(10-18)15(20)8-7-13-2-1-9-22-13/h1-9,14H,(H,19,21). The lowest BCUT2D eigenvalue weighted by Crippen LogP contribution is -2.27. The first-order valence-corrected chi connectivity index (χ1v) is 7.57. The van der Waals surface area contributed by atoms with Crippen LogP contribution in [0.25, 0.3) is 6.08 Å². The SMILES string of the molecule is N#CC(C(=O)C=Cc1cccs1)C(=O)Nc1ccc(Cl)cc1. The number of nitrogens with zero attached hydrogens (tertiary/aromatic N) is 1. The van der Waals surface area contributed by atoms with Crippen molar-refractivity contribution in [3.8, 4) is 6.07 Å². The Balaban J connectivity index is 2.04. The number of anilines is 1. The van der Waals surface area contributed by atoms with E-state index in [-0.39, 0.29) is 0 Å². The molecule has 1 heterocycles. The predicted octanol–water partition coefficient (Wildman–Crippen LogP) is 3.76. The van der Waals surface area contributed by atoms with Crippen molar-refractivity contribution in [2.75, 3.05) is 5.32 Å². The molecule has 4 nitrogen and oxygen atoms in total. The zero-order valence-electron chi connectivity index (χ0n) is 11.3. The minimum absolute atomic E-state index is 0.477. The number of nitriles is 1. The molecule has 2 aromatic rings. The van der Waals surface area contributed by atoms with E-state index in [0.717, 1.165) is 4.88 Å². The van der Waals surface area contributed by atoms with Crippen molar-refractivity contribution in [3.05, 3.63) is 57.8 Å². The average Bonchev–Trinajstić information content (AvgIpc) is 3.01. The summed E-state index contributed by atoms with van der Waals surface area (Å²) in [5.41, 5.74) is 0.477. The van der Waals surface area contributed by atoms with Gasteiger partial charge in [0.05, 0.1) is 6.07 Å². The topological polar surface area (TPSA) is 70.0 Å². The number of carbonyl (C=O) groups excluding carboxylic acids is 2. The van der Waals surface area contributed by atoms with Crippen molar-refractivity contribution < 1.29 is 9.59 Å². The van der Waals surface area contributed by atoms with Crippen molar-refractivity contribution in [2.24, 2.45) is 5.92 Å². The van der Waals surface area contributed by atoms with Crippen LogP contribution in [0.5, 0.6) is 0 Å². The molecule has 0 aliphatic carbocycles. The number of nitrogens with one attached hydrogen (secondary N) is 1. The molecule has 0 radical (unpaired) electrons. The minimum Gasteiger partial charge on any atom is -0.325 e. The largest absolute Gasteiger partial charge is 0.325 e. The monoisotopic (exact) mass is 330 g/mol. The van der Waals surface area contributed by atoms with Crippen LogP contribution in [-0.2, 0) is 9.59 Å². The van der Waals surface area contributed by atoms with Crippen LogP contribution in [0.2, 0.25) is 5.02 Å². The third-order valence-corrected chi connectivity index (χ3v) is 3.83. The maximum absolute atomic E-state index is 12.0. The van der Waals surface area contributed by atoms with E-state index in [1.54, 1.807) is 36.4 Å². The highest BCUT2D eigenvalue weighted by Gasteiger charge is 2.24. The van der Waals surface area contributed by atoms with Crippen LogP contribution in [0, 0.1) is 17.2 Å². The molecule has 0 spiro atoms. The molecule has 0 aliphatic heterocycles. The molecule has 110 valence electrons. The summed E-state index contributed by atoms with van der Waals surface area (Å²) in [6, 6.07) is 11.8.